The molecule has 0 aliphatic rings. The summed E-state index contributed by atoms with van der Waals surface area (Å²) in [5.74, 6) is -2.22. The van der Waals surface area contributed by atoms with E-state index >= 15 is 0 Å². The second-order valence-electron chi connectivity index (χ2n) is 7.27. The summed E-state index contributed by atoms with van der Waals surface area (Å²) in [6, 6.07) is 10.4. The third-order valence-electron chi connectivity index (χ3n) is 4.73. The number of hydrogen-bond acceptors (Lipinski definition) is 7. The first kappa shape index (κ1) is 25.1. The first-order valence-corrected chi connectivity index (χ1v) is 9.92. The highest BCUT2D eigenvalue weighted by Gasteiger charge is 2.31. The van der Waals surface area contributed by atoms with Gasteiger partial charge in [-0.3, -0.25) is 19.7 Å². The number of aromatic nitrogens is 2. The van der Waals surface area contributed by atoms with Crippen molar-refractivity contribution in [2.45, 2.75) is 26.1 Å². The van der Waals surface area contributed by atoms with E-state index in [1.165, 1.54) is 44.2 Å². The van der Waals surface area contributed by atoms with Crippen LogP contribution in [0.3, 0.4) is 0 Å². The van der Waals surface area contributed by atoms with Crippen molar-refractivity contribution in [2.75, 3.05) is 5.32 Å². The van der Waals surface area contributed by atoms with Crippen LogP contribution in [0.15, 0.2) is 59.4 Å². The molecule has 1 heterocycles. The Labute approximate surface area is 195 Å². The van der Waals surface area contributed by atoms with E-state index in [2.05, 4.69) is 10.4 Å². The van der Waals surface area contributed by atoms with E-state index in [9.17, 15) is 37.7 Å². The molecule has 1 amide bonds. The summed E-state index contributed by atoms with van der Waals surface area (Å²) in [5, 5.41) is 17.2. The predicted molar refractivity (Wildman–Crippen MR) is 116 cm³/mol. The first-order chi connectivity index (χ1) is 16.4. The van der Waals surface area contributed by atoms with Crippen LogP contribution < -0.4 is 10.7 Å². The Kier molecular flexibility index (Phi) is 6.99. The topological polar surface area (TPSA) is 133 Å². The van der Waals surface area contributed by atoms with Crippen LogP contribution in [-0.4, -0.2) is 32.7 Å². The maximum absolute atomic E-state index is 13.1. The van der Waals surface area contributed by atoms with Gasteiger partial charge in [0.05, 0.1) is 16.2 Å². The minimum atomic E-state index is -4.62. The van der Waals surface area contributed by atoms with Crippen LogP contribution in [0.4, 0.5) is 24.5 Å². The van der Waals surface area contributed by atoms with E-state index in [1.54, 1.807) is 0 Å². The number of para-hydroxylation sites is 2. The van der Waals surface area contributed by atoms with Crippen molar-refractivity contribution < 1.29 is 32.4 Å². The number of anilines is 1. The standard InChI is InChI=1S/C22H17F3N4O6/c1-12-10-18(30)19(27-28(12)15-7-5-6-14(11-15)22(23,24)25)21(32)35-13(2)20(31)26-16-8-3-4-9-17(16)29(33)34/h3-11,13H,1-2H3,(H,26,31). The number of carbonyl (C=O) groups is 2. The molecule has 0 saturated carbocycles. The van der Waals surface area contributed by atoms with Gasteiger partial charge in [-0.25, -0.2) is 9.48 Å². The second-order valence-corrected chi connectivity index (χ2v) is 7.27. The van der Waals surface area contributed by atoms with Crippen molar-refractivity contribution in [3.8, 4) is 5.69 Å². The summed E-state index contributed by atoms with van der Waals surface area (Å²) < 4.78 is 45.2. The molecule has 0 bridgehead atoms. The molecule has 10 nitrogen and oxygen atoms in total. The van der Waals surface area contributed by atoms with E-state index in [1.807, 2.05) is 0 Å². The molecule has 1 N–H and O–H groups in total. The maximum atomic E-state index is 13.1. The third kappa shape index (κ3) is 5.69. The van der Waals surface area contributed by atoms with Crippen molar-refractivity contribution in [1.29, 1.82) is 0 Å². The molecule has 0 spiro atoms. The molecule has 182 valence electrons. The van der Waals surface area contributed by atoms with E-state index in [0.29, 0.717) is 0 Å². The first-order valence-electron chi connectivity index (χ1n) is 9.92. The van der Waals surface area contributed by atoms with Gasteiger partial charge in [0.2, 0.25) is 11.1 Å². The Bertz CT molecular complexity index is 1370. The van der Waals surface area contributed by atoms with Crippen LogP contribution in [-0.2, 0) is 15.7 Å². The number of aryl methyl sites for hydroxylation is 1. The number of amides is 1. The van der Waals surface area contributed by atoms with E-state index < -0.39 is 45.8 Å². The van der Waals surface area contributed by atoms with Crippen LogP contribution in [0.25, 0.3) is 5.69 Å². The molecule has 35 heavy (non-hydrogen) atoms. The van der Waals surface area contributed by atoms with Crippen LogP contribution in [0.2, 0.25) is 0 Å². The van der Waals surface area contributed by atoms with Gasteiger partial charge in [0, 0.05) is 17.8 Å². The minimum Gasteiger partial charge on any atom is -0.448 e. The zero-order valence-corrected chi connectivity index (χ0v) is 18.2. The van der Waals surface area contributed by atoms with Gasteiger partial charge in [-0.05, 0) is 38.1 Å². The highest BCUT2D eigenvalue weighted by atomic mass is 19.4. The lowest BCUT2D eigenvalue weighted by molar-refractivity contribution is -0.383. The fourth-order valence-corrected chi connectivity index (χ4v) is 3.01. The largest absolute Gasteiger partial charge is 0.448 e. The highest BCUT2D eigenvalue weighted by molar-refractivity contribution is 5.98. The number of alkyl halides is 3. The van der Waals surface area contributed by atoms with Crippen molar-refractivity contribution in [1.82, 2.24) is 9.78 Å². The van der Waals surface area contributed by atoms with Gasteiger partial charge in [0.25, 0.3) is 11.6 Å². The molecular weight excluding hydrogens is 473 g/mol. The van der Waals surface area contributed by atoms with Gasteiger partial charge in [0.1, 0.15) is 5.69 Å². The summed E-state index contributed by atoms with van der Waals surface area (Å²) in [4.78, 5) is 47.7. The summed E-state index contributed by atoms with van der Waals surface area (Å²) >= 11 is 0. The number of rotatable bonds is 6. The number of carbonyl (C=O) groups excluding carboxylic acids is 2. The van der Waals surface area contributed by atoms with Gasteiger partial charge in [0.15, 0.2) is 6.10 Å². The molecule has 13 heteroatoms. The molecule has 1 aromatic heterocycles. The van der Waals surface area contributed by atoms with Crippen LogP contribution in [0.5, 0.6) is 0 Å². The SMILES string of the molecule is Cc1cc(=O)c(C(=O)OC(C)C(=O)Nc2ccccc2[N+](=O)[O-])nn1-c1cccc(C(F)(F)F)c1. The maximum Gasteiger partial charge on any atom is 0.416 e. The Morgan fingerprint density at radius 3 is 2.49 bits per heavy atom. The average molecular weight is 490 g/mol. The molecule has 2 aromatic carbocycles. The minimum absolute atomic E-state index is 0.0615. The Balaban J connectivity index is 1.84. The van der Waals surface area contributed by atoms with E-state index in [4.69, 9.17) is 4.74 Å². The molecule has 1 unspecified atom stereocenters. The van der Waals surface area contributed by atoms with Crippen molar-refractivity contribution in [2.24, 2.45) is 0 Å². The summed E-state index contributed by atoms with van der Waals surface area (Å²) in [5.41, 5.74) is -3.03. The number of nitro groups is 1. The van der Waals surface area contributed by atoms with Gasteiger partial charge in [-0.1, -0.05) is 18.2 Å². The predicted octanol–water partition coefficient (Wildman–Crippen LogP) is 3.65. The van der Waals surface area contributed by atoms with Gasteiger partial charge < -0.3 is 10.1 Å². The van der Waals surface area contributed by atoms with Crippen molar-refractivity contribution >= 4 is 23.3 Å². The lowest BCUT2D eigenvalue weighted by atomic mass is 10.2. The van der Waals surface area contributed by atoms with Gasteiger partial charge >= 0.3 is 12.1 Å². The van der Waals surface area contributed by atoms with E-state index in [0.717, 1.165) is 28.9 Å². The molecular formula is C22H17F3N4O6. The quantitative estimate of drug-likeness (QED) is 0.317. The highest BCUT2D eigenvalue weighted by Crippen LogP contribution is 2.30. The Morgan fingerprint density at radius 2 is 1.83 bits per heavy atom. The van der Waals surface area contributed by atoms with Crippen molar-refractivity contribution in [3.63, 3.8) is 0 Å². The Hall–Kier alpha value is -4.55. The summed E-state index contributed by atoms with van der Waals surface area (Å²) in [6.45, 7) is 2.58. The number of ether oxygens (including phenoxy) is 1. The fraction of sp³-hybridized carbons (Fsp3) is 0.182. The molecule has 3 aromatic rings. The number of hydrogen-bond donors (Lipinski definition) is 1. The van der Waals surface area contributed by atoms with Crippen LogP contribution >= 0.6 is 0 Å². The molecule has 3 rings (SSSR count). The summed E-state index contributed by atoms with van der Waals surface area (Å²) in [6.07, 6.45) is -6.12. The number of esters is 1. The van der Waals surface area contributed by atoms with Crippen LogP contribution in [0, 0.1) is 17.0 Å². The smallest absolute Gasteiger partial charge is 0.416 e. The van der Waals surface area contributed by atoms with Gasteiger partial charge in [-0.15, -0.1) is 0 Å². The Morgan fingerprint density at radius 1 is 1.14 bits per heavy atom. The number of nitrogens with one attached hydrogen (secondary N) is 1. The number of halogens is 3. The number of benzene rings is 2. The lowest BCUT2D eigenvalue weighted by Crippen LogP contribution is -2.33. The molecule has 0 aliphatic heterocycles. The zero-order chi connectivity index (χ0) is 25.9. The lowest BCUT2D eigenvalue weighted by Gasteiger charge is -2.15. The molecule has 0 aliphatic carbocycles. The van der Waals surface area contributed by atoms with Crippen LogP contribution in [0.1, 0.15) is 28.7 Å². The van der Waals surface area contributed by atoms with Gasteiger partial charge in [-0.2, -0.15) is 18.3 Å². The molecule has 0 fully saturated rings. The molecule has 1 atom stereocenters. The molecule has 0 saturated heterocycles. The summed E-state index contributed by atoms with van der Waals surface area (Å²) in [7, 11) is 0. The van der Waals surface area contributed by atoms with Crippen molar-refractivity contribution in [3.05, 3.63) is 91.9 Å². The third-order valence-corrected chi connectivity index (χ3v) is 4.73. The second kappa shape index (κ2) is 9.75. The number of nitrogens with zero attached hydrogens (tertiary/aromatic N) is 3. The monoisotopic (exact) mass is 490 g/mol. The normalized spacial score (nSPS) is 12.0. The number of nitro benzene ring substituents is 1. The zero-order valence-electron chi connectivity index (χ0n) is 18.2. The molecule has 0 radical (unpaired) electrons. The fourth-order valence-electron chi connectivity index (χ4n) is 3.01. The average Bonchev–Trinajstić information content (AvgIpc) is 2.78. The van der Waals surface area contributed by atoms with E-state index in [-0.39, 0.29) is 22.8 Å².